The summed E-state index contributed by atoms with van der Waals surface area (Å²) in [5.74, 6) is -0.779. The first-order valence-electron chi connectivity index (χ1n) is 9.86. The smallest absolute Gasteiger partial charge is 0.244 e. The second kappa shape index (κ2) is 10.6. The average molecular weight is 466 g/mol. The van der Waals surface area contributed by atoms with Gasteiger partial charge in [0.2, 0.25) is 21.8 Å². The van der Waals surface area contributed by atoms with E-state index in [0.717, 1.165) is 21.7 Å². The fraction of sp³-hybridized carbons (Fsp3) is 0.364. The number of anilines is 1. The summed E-state index contributed by atoms with van der Waals surface area (Å²) < 4.78 is 25.9. The van der Waals surface area contributed by atoms with Gasteiger partial charge in [0, 0.05) is 18.6 Å². The van der Waals surface area contributed by atoms with Gasteiger partial charge in [-0.15, -0.1) is 0 Å². The van der Waals surface area contributed by atoms with Crippen molar-refractivity contribution in [2.24, 2.45) is 0 Å². The zero-order valence-corrected chi connectivity index (χ0v) is 19.7. The van der Waals surface area contributed by atoms with Gasteiger partial charge in [-0.3, -0.25) is 13.9 Å². The highest BCUT2D eigenvalue weighted by Crippen LogP contribution is 2.22. The van der Waals surface area contributed by atoms with Crippen LogP contribution in [-0.2, 0) is 26.2 Å². The summed E-state index contributed by atoms with van der Waals surface area (Å²) in [4.78, 5) is 27.3. The molecule has 0 saturated heterocycles. The quantitative estimate of drug-likeness (QED) is 0.616. The van der Waals surface area contributed by atoms with Crippen LogP contribution in [0.5, 0.6) is 0 Å². The molecule has 0 bridgehead atoms. The number of benzene rings is 2. The molecular formula is C22H28ClN3O4S. The number of carbonyl (C=O) groups excluding carboxylic acids is 2. The summed E-state index contributed by atoms with van der Waals surface area (Å²) >= 11 is 5.91. The molecule has 0 aromatic heterocycles. The standard InChI is InChI=1S/C22H28ClN3O4S/c1-5-20(22(28)24-3)25(14-17-8-6-7-16(2)13-17)21(27)15-26(31(4,29)30)19-11-9-18(23)10-12-19/h6-13,20H,5,14-15H2,1-4H3,(H,24,28). The number of nitrogens with zero attached hydrogens (tertiary/aromatic N) is 2. The molecule has 2 amide bonds. The largest absolute Gasteiger partial charge is 0.357 e. The predicted octanol–water partition coefficient (Wildman–Crippen LogP) is 2.97. The maximum Gasteiger partial charge on any atom is 0.244 e. The number of hydrogen-bond acceptors (Lipinski definition) is 4. The summed E-state index contributed by atoms with van der Waals surface area (Å²) in [5.41, 5.74) is 2.20. The van der Waals surface area contributed by atoms with Crippen LogP contribution in [0, 0.1) is 6.92 Å². The van der Waals surface area contributed by atoms with Crippen LogP contribution in [0.15, 0.2) is 48.5 Å². The second-order valence-electron chi connectivity index (χ2n) is 7.30. The summed E-state index contributed by atoms with van der Waals surface area (Å²) in [5, 5.41) is 3.04. The SMILES string of the molecule is CCC(C(=O)NC)N(Cc1cccc(C)c1)C(=O)CN(c1ccc(Cl)cc1)S(C)(=O)=O. The molecule has 168 valence electrons. The Morgan fingerprint density at radius 3 is 2.29 bits per heavy atom. The Bertz CT molecular complexity index is 1030. The molecule has 1 N–H and O–H groups in total. The molecule has 2 aromatic rings. The minimum Gasteiger partial charge on any atom is -0.357 e. The van der Waals surface area contributed by atoms with E-state index in [0.29, 0.717) is 17.1 Å². The third-order valence-corrected chi connectivity index (χ3v) is 6.25. The first-order chi connectivity index (χ1) is 14.6. The number of hydrogen-bond donors (Lipinski definition) is 1. The van der Waals surface area contributed by atoms with Crippen LogP contribution in [0.2, 0.25) is 5.02 Å². The number of carbonyl (C=O) groups is 2. The molecule has 2 aromatic carbocycles. The first-order valence-corrected chi connectivity index (χ1v) is 12.1. The highest BCUT2D eigenvalue weighted by molar-refractivity contribution is 7.92. The lowest BCUT2D eigenvalue weighted by molar-refractivity contribution is -0.140. The fourth-order valence-electron chi connectivity index (χ4n) is 3.31. The van der Waals surface area contributed by atoms with Crippen molar-refractivity contribution in [2.45, 2.75) is 32.9 Å². The second-order valence-corrected chi connectivity index (χ2v) is 9.64. The summed E-state index contributed by atoms with van der Waals surface area (Å²) in [7, 11) is -2.24. The van der Waals surface area contributed by atoms with Crippen molar-refractivity contribution in [3.8, 4) is 0 Å². The lowest BCUT2D eigenvalue weighted by Gasteiger charge is -2.32. The van der Waals surface area contributed by atoms with Crippen LogP contribution in [0.1, 0.15) is 24.5 Å². The maximum absolute atomic E-state index is 13.4. The zero-order chi connectivity index (χ0) is 23.2. The van der Waals surface area contributed by atoms with Gasteiger partial charge in [-0.05, 0) is 43.2 Å². The molecule has 0 fully saturated rings. The Kier molecular flexibility index (Phi) is 8.47. The zero-order valence-electron chi connectivity index (χ0n) is 18.1. The molecule has 31 heavy (non-hydrogen) atoms. The van der Waals surface area contributed by atoms with Gasteiger partial charge in [-0.1, -0.05) is 48.4 Å². The Hall–Kier alpha value is -2.58. The minimum atomic E-state index is -3.76. The summed E-state index contributed by atoms with van der Waals surface area (Å²) in [6, 6.07) is 13.1. The third-order valence-electron chi connectivity index (χ3n) is 4.86. The molecule has 0 aliphatic carbocycles. The third kappa shape index (κ3) is 6.70. The number of likely N-dealkylation sites (N-methyl/N-ethyl adjacent to an activating group) is 1. The predicted molar refractivity (Wildman–Crippen MR) is 124 cm³/mol. The van der Waals surface area contributed by atoms with E-state index < -0.39 is 28.5 Å². The van der Waals surface area contributed by atoms with Gasteiger partial charge in [0.1, 0.15) is 12.6 Å². The highest BCUT2D eigenvalue weighted by Gasteiger charge is 2.31. The molecule has 0 spiro atoms. The molecule has 1 atom stereocenters. The topological polar surface area (TPSA) is 86.8 Å². The van der Waals surface area contributed by atoms with Crippen LogP contribution in [0.3, 0.4) is 0 Å². The monoisotopic (exact) mass is 465 g/mol. The van der Waals surface area contributed by atoms with Crippen molar-refractivity contribution in [1.82, 2.24) is 10.2 Å². The van der Waals surface area contributed by atoms with E-state index in [-0.39, 0.29) is 12.5 Å². The van der Waals surface area contributed by atoms with E-state index in [4.69, 9.17) is 11.6 Å². The van der Waals surface area contributed by atoms with Crippen molar-refractivity contribution in [3.63, 3.8) is 0 Å². The first kappa shape index (κ1) is 24.7. The van der Waals surface area contributed by atoms with E-state index in [2.05, 4.69) is 5.32 Å². The van der Waals surface area contributed by atoms with Gasteiger partial charge in [0.15, 0.2) is 0 Å². The molecule has 9 heteroatoms. The van der Waals surface area contributed by atoms with Gasteiger partial charge in [-0.25, -0.2) is 8.42 Å². The van der Waals surface area contributed by atoms with Gasteiger partial charge in [-0.2, -0.15) is 0 Å². The number of amides is 2. The molecule has 2 rings (SSSR count). The van der Waals surface area contributed by atoms with E-state index in [1.165, 1.54) is 24.1 Å². The molecule has 0 saturated carbocycles. The lowest BCUT2D eigenvalue weighted by atomic mass is 10.1. The minimum absolute atomic E-state index is 0.185. The number of rotatable bonds is 9. The number of aryl methyl sites for hydroxylation is 1. The van der Waals surface area contributed by atoms with Gasteiger partial charge >= 0.3 is 0 Å². The van der Waals surface area contributed by atoms with Gasteiger partial charge in [0.25, 0.3) is 0 Å². The van der Waals surface area contributed by atoms with Gasteiger partial charge in [0.05, 0.1) is 11.9 Å². The van der Waals surface area contributed by atoms with Crippen LogP contribution in [-0.4, -0.2) is 51.0 Å². The Morgan fingerprint density at radius 1 is 1.13 bits per heavy atom. The van der Waals surface area contributed by atoms with E-state index in [9.17, 15) is 18.0 Å². The molecule has 1 unspecified atom stereocenters. The Morgan fingerprint density at radius 2 is 1.77 bits per heavy atom. The van der Waals surface area contributed by atoms with Crippen molar-refractivity contribution in [1.29, 1.82) is 0 Å². The molecule has 0 aliphatic rings. The maximum atomic E-state index is 13.4. The van der Waals surface area contributed by atoms with Crippen molar-refractivity contribution in [3.05, 3.63) is 64.7 Å². The fourth-order valence-corrected chi connectivity index (χ4v) is 4.29. The van der Waals surface area contributed by atoms with Crippen molar-refractivity contribution < 1.29 is 18.0 Å². The van der Waals surface area contributed by atoms with Crippen molar-refractivity contribution in [2.75, 3.05) is 24.2 Å². The van der Waals surface area contributed by atoms with Crippen molar-refractivity contribution >= 4 is 39.1 Å². The number of nitrogens with one attached hydrogen (secondary N) is 1. The normalized spacial score (nSPS) is 12.2. The molecule has 0 aliphatic heterocycles. The van der Waals surface area contributed by atoms with Gasteiger partial charge < -0.3 is 10.2 Å². The molecular weight excluding hydrogens is 438 g/mol. The Labute approximate surface area is 189 Å². The van der Waals surface area contributed by atoms with Crippen LogP contribution in [0.25, 0.3) is 0 Å². The van der Waals surface area contributed by atoms with Crippen LogP contribution < -0.4 is 9.62 Å². The summed E-state index contributed by atoms with van der Waals surface area (Å²) in [6.07, 6.45) is 1.42. The number of halogens is 1. The molecule has 0 radical (unpaired) electrons. The highest BCUT2D eigenvalue weighted by atomic mass is 35.5. The lowest BCUT2D eigenvalue weighted by Crippen LogP contribution is -2.51. The van der Waals surface area contributed by atoms with Crippen LogP contribution >= 0.6 is 11.6 Å². The molecule has 7 nitrogen and oxygen atoms in total. The molecule has 0 heterocycles. The average Bonchev–Trinajstić information content (AvgIpc) is 2.71. The summed E-state index contributed by atoms with van der Waals surface area (Å²) in [6.45, 7) is 3.51. The number of sulfonamides is 1. The van der Waals surface area contributed by atoms with E-state index in [1.54, 1.807) is 12.1 Å². The van der Waals surface area contributed by atoms with E-state index >= 15 is 0 Å². The van der Waals surface area contributed by atoms with E-state index in [1.807, 2.05) is 38.1 Å². The Balaban J connectivity index is 2.41. The van der Waals surface area contributed by atoms with Crippen LogP contribution in [0.4, 0.5) is 5.69 Å².